The minimum absolute atomic E-state index is 0.202. The molecule has 0 bridgehead atoms. The van der Waals surface area contributed by atoms with Gasteiger partial charge in [-0.15, -0.1) is 5.10 Å². The summed E-state index contributed by atoms with van der Waals surface area (Å²) in [7, 11) is 0. The molecule has 1 aliphatic rings. The fourth-order valence-electron chi connectivity index (χ4n) is 4.11. The van der Waals surface area contributed by atoms with Crippen molar-refractivity contribution in [3.8, 4) is 28.4 Å². The Labute approximate surface area is 186 Å². The van der Waals surface area contributed by atoms with Crippen molar-refractivity contribution in [2.24, 2.45) is 5.73 Å². The standard InChI is InChI=1S/C25H25N5O2/c1-2-27-24(31)32-21-14-13-20-28-22(23(30(20)29-21)18-7-4-3-5-8-18)17-9-11-19(12-10-17)25(26)15-6-16-25/h3-5,7-14H,2,6,15-16,26H2,1H3,(H,27,31). The van der Waals surface area contributed by atoms with Gasteiger partial charge in [0, 0.05) is 29.3 Å². The maximum atomic E-state index is 11.9. The minimum atomic E-state index is -0.539. The van der Waals surface area contributed by atoms with E-state index in [1.807, 2.05) is 37.3 Å². The van der Waals surface area contributed by atoms with E-state index in [1.165, 1.54) is 6.42 Å². The number of rotatable bonds is 5. The van der Waals surface area contributed by atoms with Gasteiger partial charge in [0.05, 0.1) is 5.69 Å². The molecule has 1 fully saturated rings. The summed E-state index contributed by atoms with van der Waals surface area (Å²) < 4.78 is 7.04. The molecule has 1 amide bonds. The van der Waals surface area contributed by atoms with Crippen LogP contribution in [-0.4, -0.2) is 27.2 Å². The zero-order valence-electron chi connectivity index (χ0n) is 17.9. The monoisotopic (exact) mass is 427 g/mol. The van der Waals surface area contributed by atoms with Crippen molar-refractivity contribution in [3.05, 3.63) is 72.3 Å². The zero-order chi connectivity index (χ0) is 22.1. The number of aromatic nitrogens is 3. The summed E-state index contributed by atoms with van der Waals surface area (Å²) in [6.07, 6.45) is 2.68. The van der Waals surface area contributed by atoms with E-state index < -0.39 is 6.09 Å². The highest BCUT2D eigenvalue weighted by Crippen LogP contribution is 2.40. The number of nitrogens with one attached hydrogen (secondary N) is 1. The first-order chi connectivity index (χ1) is 15.6. The number of amides is 1. The van der Waals surface area contributed by atoms with Crippen molar-refractivity contribution in [2.75, 3.05) is 6.54 Å². The summed E-state index contributed by atoms with van der Waals surface area (Å²) in [6.45, 7) is 2.31. The number of carbonyl (C=O) groups is 1. The SMILES string of the molecule is CCNC(=O)Oc1ccc2nc(-c3ccc(C4(N)CCC4)cc3)c(-c3ccccc3)n2n1. The average molecular weight is 428 g/mol. The highest BCUT2D eigenvalue weighted by molar-refractivity contribution is 5.82. The van der Waals surface area contributed by atoms with Crippen molar-refractivity contribution in [3.63, 3.8) is 0 Å². The molecular formula is C25H25N5O2. The van der Waals surface area contributed by atoms with Crippen LogP contribution in [0.4, 0.5) is 4.79 Å². The molecule has 0 saturated heterocycles. The van der Waals surface area contributed by atoms with Crippen molar-refractivity contribution in [2.45, 2.75) is 31.7 Å². The number of carbonyl (C=O) groups excluding carboxylic acids is 1. The maximum Gasteiger partial charge on any atom is 0.413 e. The van der Waals surface area contributed by atoms with Crippen LogP contribution in [0, 0.1) is 0 Å². The van der Waals surface area contributed by atoms with Gasteiger partial charge in [0.15, 0.2) is 5.65 Å². The van der Waals surface area contributed by atoms with Crippen molar-refractivity contribution < 1.29 is 9.53 Å². The fraction of sp³-hybridized carbons (Fsp3) is 0.240. The molecule has 5 rings (SSSR count). The number of hydrogen-bond acceptors (Lipinski definition) is 5. The summed E-state index contributed by atoms with van der Waals surface area (Å²) >= 11 is 0. The van der Waals surface area contributed by atoms with Crippen molar-refractivity contribution in [1.29, 1.82) is 0 Å². The molecule has 0 radical (unpaired) electrons. The number of ether oxygens (including phenoxy) is 1. The van der Waals surface area contributed by atoms with Gasteiger partial charge in [0.2, 0.25) is 5.88 Å². The number of fused-ring (bicyclic) bond motifs is 1. The van der Waals surface area contributed by atoms with Crippen LogP contribution in [0.1, 0.15) is 31.7 Å². The number of nitrogens with two attached hydrogens (primary N) is 1. The van der Waals surface area contributed by atoms with E-state index in [9.17, 15) is 4.79 Å². The Hall–Kier alpha value is -3.71. The lowest BCUT2D eigenvalue weighted by Crippen LogP contribution is -2.43. The topological polar surface area (TPSA) is 94.5 Å². The third-order valence-corrected chi connectivity index (χ3v) is 6.00. The molecule has 2 heterocycles. The van der Waals surface area contributed by atoms with E-state index in [2.05, 4.69) is 34.7 Å². The quantitative estimate of drug-likeness (QED) is 0.489. The van der Waals surface area contributed by atoms with Gasteiger partial charge in [-0.25, -0.2) is 14.3 Å². The highest BCUT2D eigenvalue weighted by atomic mass is 16.6. The first-order valence-corrected chi connectivity index (χ1v) is 10.9. The lowest BCUT2D eigenvalue weighted by atomic mass is 9.72. The van der Waals surface area contributed by atoms with Crippen molar-refractivity contribution in [1.82, 2.24) is 19.9 Å². The highest BCUT2D eigenvalue weighted by Gasteiger charge is 2.34. The molecule has 4 aromatic rings. The molecule has 0 aliphatic heterocycles. The molecule has 2 aromatic heterocycles. The maximum absolute atomic E-state index is 11.9. The Morgan fingerprint density at radius 2 is 1.81 bits per heavy atom. The van der Waals surface area contributed by atoms with Crippen LogP contribution in [0.2, 0.25) is 0 Å². The Morgan fingerprint density at radius 3 is 2.47 bits per heavy atom. The first kappa shape index (κ1) is 20.2. The normalized spacial score (nSPS) is 14.7. The lowest BCUT2D eigenvalue weighted by molar-refractivity contribution is 0.198. The van der Waals surface area contributed by atoms with Crippen LogP contribution < -0.4 is 15.8 Å². The molecular weight excluding hydrogens is 402 g/mol. The first-order valence-electron chi connectivity index (χ1n) is 10.9. The summed E-state index contributed by atoms with van der Waals surface area (Å²) in [6, 6.07) is 21.8. The van der Waals surface area contributed by atoms with Crippen molar-refractivity contribution >= 4 is 11.7 Å². The Balaban J connectivity index is 1.61. The number of imidazole rings is 1. The van der Waals surface area contributed by atoms with Gasteiger partial charge in [-0.05, 0) is 37.8 Å². The van der Waals surface area contributed by atoms with Crippen LogP contribution in [0.5, 0.6) is 5.88 Å². The van der Waals surface area contributed by atoms with Crippen LogP contribution in [0.25, 0.3) is 28.2 Å². The van der Waals surface area contributed by atoms with E-state index in [1.54, 1.807) is 16.6 Å². The number of nitrogens with zero attached hydrogens (tertiary/aromatic N) is 3. The molecule has 1 saturated carbocycles. The third kappa shape index (κ3) is 3.61. The molecule has 162 valence electrons. The summed E-state index contributed by atoms with van der Waals surface area (Å²) in [4.78, 5) is 16.7. The van der Waals surface area contributed by atoms with Gasteiger partial charge in [-0.1, -0.05) is 54.6 Å². The largest absolute Gasteiger partial charge is 0.413 e. The Bertz CT molecular complexity index is 1260. The predicted molar refractivity (Wildman–Crippen MR) is 123 cm³/mol. The van der Waals surface area contributed by atoms with E-state index in [4.69, 9.17) is 15.5 Å². The van der Waals surface area contributed by atoms with Gasteiger partial charge in [0.1, 0.15) is 5.69 Å². The molecule has 7 nitrogen and oxygen atoms in total. The zero-order valence-corrected chi connectivity index (χ0v) is 17.9. The van der Waals surface area contributed by atoms with E-state index in [0.29, 0.717) is 12.2 Å². The van der Waals surface area contributed by atoms with Crippen LogP contribution in [0.3, 0.4) is 0 Å². The van der Waals surface area contributed by atoms with Gasteiger partial charge >= 0.3 is 6.09 Å². The third-order valence-electron chi connectivity index (χ3n) is 6.00. The fourth-order valence-corrected chi connectivity index (χ4v) is 4.11. The molecule has 0 atom stereocenters. The molecule has 0 spiro atoms. The second-order valence-corrected chi connectivity index (χ2v) is 8.12. The number of hydrogen-bond donors (Lipinski definition) is 2. The van der Waals surface area contributed by atoms with Gasteiger partial charge in [-0.2, -0.15) is 0 Å². The van der Waals surface area contributed by atoms with Crippen LogP contribution in [0.15, 0.2) is 66.7 Å². The van der Waals surface area contributed by atoms with Gasteiger partial charge in [0.25, 0.3) is 0 Å². The molecule has 32 heavy (non-hydrogen) atoms. The van der Waals surface area contributed by atoms with Crippen LogP contribution >= 0.6 is 0 Å². The number of benzene rings is 2. The molecule has 7 heteroatoms. The molecule has 0 unspecified atom stereocenters. The lowest BCUT2D eigenvalue weighted by Gasteiger charge is -2.38. The van der Waals surface area contributed by atoms with E-state index in [0.717, 1.165) is 40.9 Å². The minimum Gasteiger partial charge on any atom is -0.390 e. The Kier molecular flexibility index (Phi) is 5.11. The van der Waals surface area contributed by atoms with Crippen LogP contribution in [-0.2, 0) is 5.54 Å². The molecule has 2 aromatic carbocycles. The van der Waals surface area contributed by atoms with Gasteiger partial charge < -0.3 is 15.8 Å². The summed E-state index contributed by atoms with van der Waals surface area (Å²) in [5, 5.41) is 7.16. The van der Waals surface area contributed by atoms with E-state index in [-0.39, 0.29) is 11.4 Å². The Morgan fingerprint density at radius 1 is 1.06 bits per heavy atom. The predicted octanol–water partition coefficient (Wildman–Crippen LogP) is 4.51. The smallest absolute Gasteiger partial charge is 0.390 e. The summed E-state index contributed by atoms with van der Waals surface area (Å²) in [5.41, 5.74) is 11.7. The second-order valence-electron chi connectivity index (χ2n) is 8.12. The van der Waals surface area contributed by atoms with Gasteiger partial charge in [-0.3, -0.25) is 0 Å². The average Bonchev–Trinajstić information content (AvgIpc) is 3.17. The summed E-state index contributed by atoms with van der Waals surface area (Å²) in [5.74, 6) is 0.204. The molecule has 3 N–H and O–H groups in total. The second kappa shape index (κ2) is 8.09. The molecule has 1 aliphatic carbocycles. The van der Waals surface area contributed by atoms with E-state index >= 15 is 0 Å².